The van der Waals surface area contributed by atoms with Crippen molar-refractivity contribution in [1.29, 1.82) is 0 Å². The number of phenolic OH excluding ortho intramolecular Hbond substituents is 8. The molecule has 8 nitrogen and oxygen atoms in total. The van der Waals surface area contributed by atoms with Crippen molar-refractivity contribution in [3.05, 3.63) is 139 Å². The van der Waals surface area contributed by atoms with Crippen LogP contribution in [0.1, 0.15) is 42.4 Å². The molecule has 0 atom stereocenters. The molecule has 8 N–H and O–H groups in total. The molecular formula is C36H32O8S2. The van der Waals surface area contributed by atoms with Crippen molar-refractivity contribution in [3.8, 4) is 46.0 Å². The normalized spacial score (nSPS) is 10.8. The summed E-state index contributed by atoms with van der Waals surface area (Å²) in [4.78, 5) is 3.45. The summed E-state index contributed by atoms with van der Waals surface area (Å²) in [5, 5.41) is 77.7. The first-order valence-corrected chi connectivity index (χ1v) is 15.9. The van der Waals surface area contributed by atoms with Gasteiger partial charge >= 0.3 is 0 Å². The van der Waals surface area contributed by atoms with Crippen LogP contribution in [0, 0.1) is 0 Å². The molecule has 4 aromatic carbocycles. The van der Waals surface area contributed by atoms with E-state index in [9.17, 15) is 40.9 Å². The second kappa shape index (κ2) is 14.2. The van der Waals surface area contributed by atoms with Crippen LogP contribution in [0.4, 0.5) is 0 Å². The Morgan fingerprint density at radius 1 is 0.370 bits per heavy atom. The van der Waals surface area contributed by atoms with Gasteiger partial charge in [-0.2, -0.15) is 0 Å². The number of aromatic hydroxyl groups is 8. The van der Waals surface area contributed by atoms with Gasteiger partial charge in [-0.05, 0) is 106 Å². The van der Waals surface area contributed by atoms with Gasteiger partial charge in [0.25, 0.3) is 0 Å². The Balaban J connectivity index is 0.000000181. The first-order valence-electron chi connectivity index (χ1n) is 14.2. The molecule has 236 valence electrons. The summed E-state index contributed by atoms with van der Waals surface area (Å²) in [5.74, 6) is -0.955. The van der Waals surface area contributed by atoms with Gasteiger partial charge in [0.1, 0.15) is 0 Å². The first-order chi connectivity index (χ1) is 22.0. The molecule has 0 aliphatic heterocycles. The molecule has 46 heavy (non-hydrogen) atoms. The van der Waals surface area contributed by atoms with Gasteiger partial charge in [0.05, 0.1) is 0 Å². The molecule has 0 spiro atoms. The van der Waals surface area contributed by atoms with Crippen LogP contribution in [0.15, 0.2) is 96.4 Å². The molecule has 6 aromatic rings. The molecular weight excluding hydrogens is 625 g/mol. The lowest BCUT2D eigenvalue weighted by atomic mass is 10.0. The first kappa shape index (κ1) is 32.1. The van der Waals surface area contributed by atoms with Crippen LogP contribution in [0.3, 0.4) is 0 Å². The number of benzene rings is 4. The molecule has 6 rings (SSSR count). The van der Waals surface area contributed by atoms with Crippen LogP contribution in [0.2, 0.25) is 0 Å². The average molecular weight is 657 g/mol. The zero-order valence-electron chi connectivity index (χ0n) is 24.5. The topological polar surface area (TPSA) is 162 Å². The van der Waals surface area contributed by atoms with E-state index in [2.05, 4.69) is 0 Å². The van der Waals surface area contributed by atoms with Gasteiger partial charge in [0.2, 0.25) is 0 Å². The highest BCUT2D eigenvalue weighted by Gasteiger charge is 2.10. The second-order valence-electron chi connectivity index (χ2n) is 10.7. The Morgan fingerprint density at radius 2 is 0.739 bits per heavy atom. The van der Waals surface area contributed by atoms with Crippen LogP contribution < -0.4 is 0 Å². The van der Waals surface area contributed by atoms with E-state index >= 15 is 0 Å². The van der Waals surface area contributed by atoms with E-state index in [4.69, 9.17) is 0 Å². The lowest BCUT2D eigenvalue weighted by Crippen LogP contribution is -1.93. The molecule has 0 fully saturated rings. The highest BCUT2D eigenvalue weighted by Crippen LogP contribution is 2.32. The maximum Gasteiger partial charge on any atom is 0.157 e. The average Bonchev–Trinajstić information content (AvgIpc) is 3.65. The number of hydrogen-bond acceptors (Lipinski definition) is 10. The van der Waals surface area contributed by atoms with Crippen LogP contribution in [-0.4, -0.2) is 40.9 Å². The fraction of sp³-hybridized carbons (Fsp3) is 0.111. The van der Waals surface area contributed by atoms with Crippen LogP contribution >= 0.6 is 22.7 Å². The third-order valence-corrected chi connectivity index (χ3v) is 9.28. The highest BCUT2D eigenvalue weighted by atomic mass is 32.1. The van der Waals surface area contributed by atoms with E-state index in [-0.39, 0.29) is 46.0 Å². The van der Waals surface area contributed by atoms with Crippen LogP contribution in [-0.2, 0) is 25.7 Å². The van der Waals surface area contributed by atoms with Crippen molar-refractivity contribution in [2.45, 2.75) is 25.7 Å². The number of thiophene rings is 2. The molecule has 0 unspecified atom stereocenters. The zero-order chi connectivity index (χ0) is 32.8. The molecule has 0 aliphatic rings. The molecule has 0 saturated heterocycles. The minimum Gasteiger partial charge on any atom is -0.504 e. The van der Waals surface area contributed by atoms with E-state index in [0.29, 0.717) is 25.7 Å². The Morgan fingerprint density at radius 3 is 1.13 bits per heavy atom. The summed E-state index contributed by atoms with van der Waals surface area (Å²) in [5.41, 5.74) is 4.81. The van der Waals surface area contributed by atoms with E-state index in [1.165, 1.54) is 24.3 Å². The SMILES string of the molecule is Oc1ccc(Cc2ccc(Cc3ccc(O)c(O)c3)s2)cc1O.Oc1ccc(Cc2ccsc2Cc2ccc(O)c(O)c2)cc1O. The monoisotopic (exact) mass is 656 g/mol. The number of hydrogen-bond donors (Lipinski definition) is 8. The Kier molecular flexibility index (Phi) is 9.90. The summed E-state index contributed by atoms with van der Waals surface area (Å²) in [6.45, 7) is 0. The van der Waals surface area contributed by atoms with Crippen molar-refractivity contribution >= 4 is 22.7 Å². The Bertz CT molecular complexity index is 1820. The number of rotatable bonds is 8. The smallest absolute Gasteiger partial charge is 0.157 e. The van der Waals surface area contributed by atoms with Crippen molar-refractivity contribution in [3.63, 3.8) is 0 Å². The van der Waals surface area contributed by atoms with E-state index < -0.39 is 0 Å². The predicted molar refractivity (Wildman–Crippen MR) is 179 cm³/mol. The molecule has 10 heteroatoms. The fourth-order valence-electron chi connectivity index (χ4n) is 4.82. The maximum absolute atomic E-state index is 9.59. The number of phenols is 8. The van der Waals surface area contributed by atoms with E-state index in [1.807, 2.05) is 23.6 Å². The van der Waals surface area contributed by atoms with Crippen molar-refractivity contribution in [1.82, 2.24) is 0 Å². The molecule has 0 bridgehead atoms. The summed E-state index contributed by atoms with van der Waals surface area (Å²) >= 11 is 3.28. The Labute approximate surface area is 273 Å². The van der Waals surface area contributed by atoms with Crippen molar-refractivity contribution in [2.24, 2.45) is 0 Å². The van der Waals surface area contributed by atoms with Gasteiger partial charge in [-0.15, -0.1) is 22.7 Å². The van der Waals surface area contributed by atoms with E-state index in [1.54, 1.807) is 71.2 Å². The quantitative estimate of drug-likeness (QED) is 0.0781. The summed E-state index contributed by atoms with van der Waals surface area (Å²) in [7, 11) is 0. The lowest BCUT2D eigenvalue weighted by molar-refractivity contribution is 0.403. The fourth-order valence-corrected chi connectivity index (χ4v) is 6.84. The summed E-state index contributed by atoms with van der Waals surface area (Å²) in [6.07, 6.45) is 2.67. The van der Waals surface area contributed by atoms with Gasteiger partial charge in [0, 0.05) is 33.9 Å². The zero-order valence-corrected chi connectivity index (χ0v) is 26.1. The van der Waals surface area contributed by atoms with Gasteiger partial charge in [-0.25, -0.2) is 0 Å². The third kappa shape index (κ3) is 8.23. The minimum atomic E-state index is -0.126. The Hall–Kier alpha value is -5.32. The standard InChI is InChI=1S/2C18H16O4S/c19-15-5-1-11(9-17(15)21)7-13-3-4-14(23-13)8-12-2-6-16(20)18(22)10-12;19-14-3-1-11(8-16(14)21)7-13-5-6-23-18(13)10-12-2-4-15(20)17(22)9-12/h1-6,9-10,19-22H,7-8H2;1-6,8-9,19-22H,7,10H2. The summed E-state index contributed by atoms with van der Waals surface area (Å²) < 4.78 is 0. The molecule has 0 saturated carbocycles. The predicted octanol–water partition coefficient (Wildman–Crippen LogP) is 7.50. The molecule has 2 heterocycles. The van der Waals surface area contributed by atoms with Gasteiger partial charge < -0.3 is 40.9 Å². The molecule has 0 aliphatic carbocycles. The van der Waals surface area contributed by atoms with Gasteiger partial charge in [-0.1, -0.05) is 24.3 Å². The maximum atomic E-state index is 9.59. The van der Waals surface area contributed by atoms with Crippen molar-refractivity contribution < 1.29 is 40.9 Å². The largest absolute Gasteiger partial charge is 0.504 e. The molecule has 0 amide bonds. The molecule has 0 radical (unpaired) electrons. The van der Waals surface area contributed by atoms with Crippen LogP contribution in [0.5, 0.6) is 46.0 Å². The third-order valence-electron chi connectivity index (χ3n) is 7.23. The molecule has 2 aromatic heterocycles. The highest BCUT2D eigenvalue weighted by molar-refractivity contribution is 7.12. The second-order valence-corrected chi connectivity index (χ2v) is 13.0. The van der Waals surface area contributed by atoms with E-state index in [0.717, 1.165) is 42.4 Å². The van der Waals surface area contributed by atoms with Crippen LogP contribution in [0.25, 0.3) is 0 Å². The van der Waals surface area contributed by atoms with Gasteiger partial charge in [-0.3, -0.25) is 0 Å². The van der Waals surface area contributed by atoms with Crippen molar-refractivity contribution in [2.75, 3.05) is 0 Å². The minimum absolute atomic E-state index is 0.112. The van der Waals surface area contributed by atoms with Gasteiger partial charge in [0.15, 0.2) is 46.0 Å². The lowest BCUT2D eigenvalue weighted by Gasteiger charge is -2.07. The summed E-state index contributed by atoms with van der Waals surface area (Å²) in [6, 6.07) is 25.4.